The van der Waals surface area contributed by atoms with E-state index in [1.165, 1.54) is 19.2 Å². The van der Waals surface area contributed by atoms with Gasteiger partial charge in [-0.25, -0.2) is 4.39 Å². The van der Waals surface area contributed by atoms with Gasteiger partial charge in [-0.1, -0.05) is 0 Å². The summed E-state index contributed by atoms with van der Waals surface area (Å²) in [7, 11) is 1.37. The van der Waals surface area contributed by atoms with E-state index in [0.717, 1.165) is 0 Å². The highest BCUT2D eigenvalue weighted by atomic mass is 19.1. The van der Waals surface area contributed by atoms with Crippen molar-refractivity contribution >= 4 is 17.5 Å². The van der Waals surface area contributed by atoms with Crippen molar-refractivity contribution in [2.45, 2.75) is 12.5 Å². The molecule has 0 radical (unpaired) electrons. The quantitative estimate of drug-likeness (QED) is 0.759. The van der Waals surface area contributed by atoms with E-state index < -0.39 is 17.8 Å². The molecule has 5 nitrogen and oxygen atoms in total. The predicted molar refractivity (Wildman–Crippen MR) is 58.1 cm³/mol. The summed E-state index contributed by atoms with van der Waals surface area (Å²) in [4.78, 5) is 22.2. The lowest BCUT2D eigenvalue weighted by molar-refractivity contribution is -0.124. The molecule has 0 aromatic heterocycles. The molecule has 1 atom stereocenters. The topological polar surface area (TPSA) is 67.4 Å². The average molecular weight is 238 g/mol. The van der Waals surface area contributed by atoms with E-state index in [0.29, 0.717) is 5.69 Å². The molecule has 0 spiro atoms. The van der Waals surface area contributed by atoms with Crippen LogP contribution >= 0.6 is 0 Å². The second kappa shape index (κ2) is 4.40. The summed E-state index contributed by atoms with van der Waals surface area (Å²) in [5.74, 6) is -1.13. The number of anilines is 1. The summed E-state index contributed by atoms with van der Waals surface area (Å²) in [6.07, 6.45) is 0.0620. The van der Waals surface area contributed by atoms with Crippen LogP contribution in [0.15, 0.2) is 18.2 Å². The van der Waals surface area contributed by atoms with Crippen molar-refractivity contribution in [3.05, 3.63) is 24.0 Å². The van der Waals surface area contributed by atoms with Gasteiger partial charge in [0, 0.05) is 11.8 Å². The van der Waals surface area contributed by atoms with Crippen LogP contribution in [-0.2, 0) is 9.59 Å². The molecule has 1 aliphatic heterocycles. The van der Waals surface area contributed by atoms with Gasteiger partial charge in [0.15, 0.2) is 11.6 Å². The number of hydrogen-bond donors (Lipinski definition) is 2. The first-order chi connectivity index (χ1) is 8.10. The number of amides is 2. The van der Waals surface area contributed by atoms with Gasteiger partial charge >= 0.3 is 0 Å². The highest BCUT2D eigenvalue weighted by Gasteiger charge is 2.30. The van der Waals surface area contributed by atoms with Gasteiger partial charge in [-0.2, -0.15) is 0 Å². The van der Waals surface area contributed by atoms with Crippen LogP contribution in [0.3, 0.4) is 0 Å². The number of ether oxygens (including phenoxy) is 1. The van der Waals surface area contributed by atoms with Crippen LogP contribution in [0.2, 0.25) is 0 Å². The number of carbonyl (C=O) groups excluding carboxylic acids is 2. The van der Waals surface area contributed by atoms with Crippen LogP contribution in [0.25, 0.3) is 0 Å². The highest BCUT2D eigenvalue weighted by molar-refractivity contribution is 6.06. The standard InChI is InChI=1S/C11H11FN2O3/c1-17-9-3-2-6(4-7(9)12)13-8-5-10(15)14-11(8)16/h2-4,8,13H,5H2,1H3,(H,14,15,16). The van der Waals surface area contributed by atoms with Crippen LogP contribution < -0.4 is 15.4 Å². The second-order valence-corrected chi connectivity index (χ2v) is 3.66. The van der Waals surface area contributed by atoms with E-state index in [-0.39, 0.29) is 18.1 Å². The van der Waals surface area contributed by atoms with Crippen molar-refractivity contribution in [3.8, 4) is 5.75 Å². The molecular weight excluding hydrogens is 227 g/mol. The summed E-state index contributed by atoms with van der Waals surface area (Å²) >= 11 is 0. The monoisotopic (exact) mass is 238 g/mol. The van der Waals surface area contributed by atoms with Crippen molar-refractivity contribution < 1.29 is 18.7 Å². The number of methoxy groups -OCH3 is 1. The Kier molecular flexibility index (Phi) is 2.95. The Labute approximate surface area is 97.0 Å². The molecule has 2 amide bonds. The summed E-state index contributed by atoms with van der Waals surface area (Å²) in [6, 6.07) is 3.61. The Morgan fingerprint density at radius 2 is 2.24 bits per heavy atom. The molecule has 0 saturated carbocycles. The van der Waals surface area contributed by atoms with Crippen molar-refractivity contribution in [2.75, 3.05) is 12.4 Å². The molecule has 2 rings (SSSR count). The number of carbonyl (C=O) groups is 2. The van der Waals surface area contributed by atoms with E-state index >= 15 is 0 Å². The van der Waals surface area contributed by atoms with Crippen LogP contribution in [0.5, 0.6) is 5.75 Å². The molecule has 6 heteroatoms. The molecule has 1 fully saturated rings. The Morgan fingerprint density at radius 3 is 2.76 bits per heavy atom. The molecular formula is C11H11FN2O3. The largest absolute Gasteiger partial charge is 0.494 e. The average Bonchev–Trinajstić information content (AvgIpc) is 2.58. The second-order valence-electron chi connectivity index (χ2n) is 3.66. The maximum absolute atomic E-state index is 13.4. The van der Waals surface area contributed by atoms with Gasteiger partial charge < -0.3 is 10.1 Å². The van der Waals surface area contributed by atoms with Gasteiger partial charge in [0.1, 0.15) is 6.04 Å². The molecule has 17 heavy (non-hydrogen) atoms. The lowest BCUT2D eigenvalue weighted by Crippen LogP contribution is -2.30. The lowest BCUT2D eigenvalue weighted by Gasteiger charge is -2.11. The van der Waals surface area contributed by atoms with E-state index in [4.69, 9.17) is 4.74 Å². The van der Waals surface area contributed by atoms with Crippen molar-refractivity contribution in [1.82, 2.24) is 5.32 Å². The SMILES string of the molecule is COc1ccc(NC2CC(=O)NC2=O)cc1F. The zero-order valence-corrected chi connectivity index (χ0v) is 9.12. The third kappa shape index (κ3) is 2.35. The normalized spacial score (nSPS) is 19.1. The Bertz CT molecular complexity index is 476. The molecule has 1 aliphatic rings. The van der Waals surface area contributed by atoms with Gasteiger partial charge in [0.25, 0.3) is 0 Å². The molecule has 1 aromatic carbocycles. The Hall–Kier alpha value is -2.11. The minimum Gasteiger partial charge on any atom is -0.494 e. The van der Waals surface area contributed by atoms with Crippen LogP contribution in [0.4, 0.5) is 10.1 Å². The third-order valence-corrected chi connectivity index (χ3v) is 2.46. The smallest absolute Gasteiger partial charge is 0.249 e. The predicted octanol–water partition coefficient (Wildman–Crippen LogP) is 0.661. The van der Waals surface area contributed by atoms with Gasteiger partial charge in [-0.05, 0) is 12.1 Å². The summed E-state index contributed by atoms with van der Waals surface area (Å²) in [6.45, 7) is 0. The summed E-state index contributed by atoms with van der Waals surface area (Å²) in [5, 5.41) is 4.95. The number of nitrogens with one attached hydrogen (secondary N) is 2. The maximum atomic E-state index is 13.4. The van der Waals surface area contributed by atoms with E-state index in [1.807, 2.05) is 0 Å². The van der Waals surface area contributed by atoms with Crippen molar-refractivity contribution in [2.24, 2.45) is 0 Å². The zero-order chi connectivity index (χ0) is 12.4. The number of benzene rings is 1. The molecule has 1 unspecified atom stereocenters. The number of hydrogen-bond acceptors (Lipinski definition) is 4. The zero-order valence-electron chi connectivity index (χ0n) is 9.12. The summed E-state index contributed by atoms with van der Waals surface area (Å²) in [5.41, 5.74) is 0.429. The van der Waals surface area contributed by atoms with E-state index in [9.17, 15) is 14.0 Å². The fourth-order valence-electron chi connectivity index (χ4n) is 1.63. The van der Waals surface area contributed by atoms with Crippen LogP contribution in [-0.4, -0.2) is 25.0 Å². The minimum absolute atomic E-state index is 0.0620. The van der Waals surface area contributed by atoms with Gasteiger partial charge in [-0.3, -0.25) is 14.9 Å². The molecule has 0 aliphatic carbocycles. The number of imide groups is 1. The molecule has 2 N–H and O–H groups in total. The fraction of sp³-hybridized carbons (Fsp3) is 0.273. The Morgan fingerprint density at radius 1 is 1.47 bits per heavy atom. The molecule has 1 saturated heterocycles. The number of halogens is 1. The third-order valence-electron chi connectivity index (χ3n) is 2.46. The maximum Gasteiger partial charge on any atom is 0.249 e. The lowest BCUT2D eigenvalue weighted by atomic mass is 10.2. The van der Waals surface area contributed by atoms with Crippen LogP contribution in [0, 0.1) is 5.82 Å². The molecule has 90 valence electrons. The van der Waals surface area contributed by atoms with Crippen molar-refractivity contribution in [1.29, 1.82) is 0 Å². The van der Waals surface area contributed by atoms with Gasteiger partial charge in [0.05, 0.1) is 13.5 Å². The van der Waals surface area contributed by atoms with E-state index in [2.05, 4.69) is 10.6 Å². The first kappa shape index (κ1) is 11.4. The van der Waals surface area contributed by atoms with E-state index in [1.54, 1.807) is 6.07 Å². The molecule has 1 heterocycles. The highest BCUT2D eigenvalue weighted by Crippen LogP contribution is 2.22. The Balaban J connectivity index is 2.11. The first-order valence-electron chi connectivity index (χ1n) is 5.04. The van der Waals surface area contributed by atoms with Crippen molar-refractivity contribution in [3.63, 3.8) is 0 Å². The van der Waals surface area contributed by atoms with Crippen LogP contribution in [0.1, 0.15) is 6.42 Å². The molecule has 0 bridgehead atoms. The number of rotatable bonds is 3. The minimum atomic E-state index is -0.643. The fourth-order valence-corrected chi connectivity index (χ4v) is 1.63. The molecule has 1 aromatic rings. The first-order valence-corrected chi connectivity index (χ1v) is 5.04. The van der Waals surface area contributed by atoms with Gasteiger partial charge in [0.2, 0.25) is 11.8 Å². The van der Waals surface area contributed by atoms with Gasteiger partial charge in [-0.15, -0.1) is 0 Å². The summed E-state index contributed by atoms with van der Waals surface area (Å²) < 4.78 is 18.1.